The summed E-state index contributed by atoms with van der Waals surface area (Å²) >= 11 is 37.1. The van der Waals surface area contributed by atoms with E-state index in [0.29, 0.717) is 0 Å². The van der Waals surface area contributed by atoms with Gasteiger partial charge in [-0.25, -0.2) is 0 Å². The van der Waals surface area contributed by atoms with Gasteiger partial charge in [-0.1, -0.05) is 46.4 Å². The molecule has 1 saturated heterocycles. The molecule has 0 radical (unpaired) electrons. The van der Waals surface area contributed by atoms with Gasteiger partial charge in [0.05, 0.1) is 21.9 Å². The van der Waals surface area contributed by atoms with Crippen LogP contribution in [0.2, 0.25) is 0 Å². The van der Waals surface area contributed by atoms with Crippen molar-refractivity contribution >= 4 is 81.4 Å². The second kappa shape index (κ2) is 3.44. The number of hydrogen-bond acceptors (Lipinski definition) is 2. The predicted molar refractivity (Wildman–Crippen MR) is 70.5 cm³/mol. The highest BCUT2D eigenvalue weighted by molar-refractivity contribution is 6.66. The van der Waals surface area contributed by atoms with Gasteiger partial charge in [0.1, 0.15) is 9.75 Å². The van der Waals surface area contributed by atoms with Gasteiger partial charge in [0.25, 0.3) is 0 Å². The summed E-state index contributed by atoms with van der Waals surface area (Å²) < 4.78 is -1.85. The summed E-state index contributed by atoms with van der Waals surface area (Å²) in [5.74, 6) is -3.27. The Hall–Kier alpha value is 0.620. The van der Waals surface area contributed by atoms with Crippen LogP contribution in [0.4, 0.5) is 0 Å². The van der Waals surface area contributed by atoms with Crippen molar-refractivity contribution in [2.45, 2.75) is 14.1 Å². The Morgan fingerprint density at radius 1 is 0.833 bits per heavy atom. The molecule has 3 aliphatic rings. The highest BCUT2D eigenvalue weighted by Crippen LogP contribution is 2.76. The number of carbonyl (C=O) groups excluding carboxylic acids is 2. The topological polar surface area (TPSA) is 46.2 Å². The quantitative estimate of drug-likeness (QED) is 0.527. The van der Waals surface area contributed by atoms with E-state index in [2.05, 4.69) is 5.32 Å². The van der Waals surface area contributed by atoms with Crippen LogP contribution in [0.5, 0.6) is 0 Å². The summed E-state index contributed by atoms with van der Waals surface area (Å²) in [7, 11) is 0. The average Bonchev–Trinajstić information content (AvgIpc) is 2.68. The summed E-state index contributed by atoms with van der Waals surface area (Å²) in [6.07, 6.45) is 0. The Morgan fingerprint density at radius 2 is 1.17 bits per heavy atom. The molecule has 2 bridgehead atoms. The van der Waals surface area contributed by atoms with Crippen LogP contribution in [-0.4, -0.2) is 25.9 Å². The molecule has 0 aromatic carbocycles. The molecule has 3 rings (SSSR count). The molecule has 2 aliphatic carbocycles. The van der Waals surface area contributed by atoms with Crippen molar-refractivity contribution < 1.29 is 9.59 Å². The lowest BCUT2D eigenvalue weighted by molar-refractivity contribution is -0.126. The van der Waals surface area contributed by atoms with Crippen LogP contribution in [0.15, 0.2) is 10.1 Å². The maximum absolute atomic E-state index is 11.8. The van der Waals surface area contributed by atoms with E-state index >= 15 is 0 Å². The lowest BCUT2D eigenvalue weighted by Crippen LogP contribution is -2.49. The molecular formula is C9H3Cl6NO2. The van der Waals surface area contributed by atoms with Gasteiger partial charge >= 0.3 is 0 Å². The largest absolute Gasteiger partial charge is 0.296 e. The van der Waals surface area contributed by atoms with E-state index in [-0.39, 0.29) is 10.1 Å². The predicted octanol–water partition coefficient (Wildman–Crippen LogP) is 2.72. The maximum Gasteiger partial charge on any atom is 0.232 e. The van der Waals surface area contributed by atoms with Gasteiger partial charge in [0, 0.05) is 0 Å². The SMILES string of the molecule is O=C1NC(=O)C2C1[C@]1(Cl)C(Cl)=C(Cl)[C@@]2(Cl)C1(Cl)Cl. The highest BCUT2D eigenvalue weighted by atomic mass is 35.5. The summed E-state index contributed by atoms with van der Waals surface area (Å²) in [6, 6.07) is 0. The third-order valence-electron chi connectivity index (χ3n) is 3.75. The maximum atomic E-state index is 11.8. The minimum Gasteiger partial charge on any atom is -0.296 e. The lowest BCUT2D eigenvalue weighted by Gasteiger charge is -2.33. The Morgan fingerprint density at radius 3 is 1.50 bits per heavy atom. The van der Waals surface area contributed by atoms with Crippen molar-refractivity contribution in [3.8, 4) is 0 Å². The monoisotopic (exact) mass is 367 g/mol. The van der Waals surface area contributed by atoms with Crippen LogP contribution in [0.3, 0.4) is 0 Å². The van der Waals surface area contributed by atoms with Gasteiger partial charge in [-0.3, -0.25) is 14.9 Å². The van der Waals surface area contributed by atoms with Crippen molar-refractivity contribution in [2.75, 3.05) is 0 Å². The van der Waals surface area contributed by atoms with Gasteiger partial charge < -0.3 is 0 Å². The summed E-state index contributed by atoms with van der Waals surface area (Å²) in [4.78, 5) is 20.3. The number of alkyl halides is 4. The Bertz CT molecular complexity index is 501. The number of nitrogens with one attached hydrogen (secondary N) is 1. The molecule has 0 spiro atoms. The van der Waals surface area contributed by atoms with E-state index < -0.39 is 37.7 Å². The Balaban J connectivity index is 2.37. The number of carbonyl (C=O) groups is 2. The molecule has 1 N–H and O–H groups in total. The van der Waals surface area contributed by atoms with Crippen molar-refractivity contribution in [2.24, 2.45) is 11.8 Å². The fraction of sp³-hybridized carbons (Fsp3) is 0.556. The molecule has 0 aromatic rings. The fourth-order valence-electron chi connectivity index (χ4n) is 2.92. The third-order valence-corrected chi connectivity index (χ3v) is 8.01. The number of hydrogen-bond donors (Lipinski definition) is 1. The van der Waals surface area contributed by atoms with Crippen LogP contribution in [-0.2, 0) is 9.59 Å². The first-order valence-corrected chi connectivity index (χ1v) is 7.05. The number of halogens is 6. The average molecular weight is 370 g/mol. The van der Waals surface area contributed by atoms with E-state index in [4.69, 9.17) is 69.6 Å². The van der Waals surface area contributed by atoms with Crippen LogP contribution in [0.1, 0.15) is 0 Å². The molecule has 0 aromatic heterocycles. The molecule has 4 atom stereocenters. The second-order valence-electron chi connectivity index (χ2n) is 4.43. The zero-order valence-corrected chi connectivity index (χ0v) is 12.8. The second-order valence-corrected chi connectivity index (χ2v) is 7.71. The number of imide groups is 1. The van der Waals surface area contributed by atoms with Crippen LogP contribution in [0, 0.1) is 11.8 Å². The molecule has 2 fully saturated rings. The van der Waals surface area contributed by atoms with E-state index in [1.807, 2.05) is 0 Å². The van der Waals surface area contributed by atoms with Crippen molar-refractivity contribution in [3.05, 3.63) is 10.1 Å². The molecule has 3 nitrogen and oxygen atoms in total. The standard InChI is InChI=1S/C9H3Cl6NO2/c10-3-4(11)8(13)2-1(5(17)16-6(2)18)7(3,12)9(8,14)15/h1-2H,(H,16,17,18)/t1?,2?,7-,8+. The third kappa shape index (κ3) is 1.03. The van der Waals surface area contributed by atoms with Gasteiger partial charge in [-0.2, -0.15) is 0 Å². The van der Waals surface area contributed by atoms with Crippen LogP contribution >= 0.6 is 69.6 Å². The molecule has 2 amide bonds. The summed E-state index contributed by atoms with van der Waals surface area (Å²) in [5.41, 5.74) is 0. The van der Waals surface area contributed by atoms with Gasteiger partial charge in [-0.15, -0.1) is 23.2 Å². The van der Waals surface area contributed by atoms with Gasteiger partial charge in [-0.05, 0) is 0 Å². The molecular weight excluding hydrogens is 367 g/mol. The first-order chi connectivity index (χ1) is 8.11. The highest BCUT2D eigenvalue weighted by Gasteiger charge is 2.86. The zero-order chi connectivity index (χ0) is 13.7. The molecule has 1 saturated carbocycles. The Labute approximate surface area is 132 Å². The minimum absolute atomic E-state index is 0.0862. The molecule has 1 heterocycles. The number of allylic oxidation sites excluding steroid dienone is 2. The number of fused-ring (bicyclic) bond motifs is 5. The minimum atomic E-state index is -1.85. The molecule has 18 heavy (non-hydrogen) atoms. The van der Waals surface area contributed by atoms with Crippen molar-refractivity contribution in [1.82, 2.24) is 5.32 Å². The first-order valence-electron chi connectivity index (χ1n) is 4.78. The van der Waals surface area contributed by atoms with E-state index in [1.165, 1.54) is 0 Å². The van der Waals surface area contributed by atoms with E-state index in [0.717, 1.165) is 0 Å². The molecule has 1 aliphatic heterocycles. The summed E-state index contributed by atoms with van der Waals surface area (Å²) in [6.45, 7) is 0. The van der Waals surface area contributed by atoms with Crippen molar-refractivity contribution in [3.63, 3.8) is 0 Å². The first kappa shape index (κ1) is 13.6. The van der Waals surface area contributed by atoms with Crippen molar-refractivity contribution in [1.29, 1.82) is 0 Å². The molecule has 98 valence electrons. The van der Waals surface area contributed by atoms with Crippen LogP contribution in [0.25, 0.3) is 0 Å². The lowest BCUT2D eigenvalue weighted by atomic mass is 9.84. The van der Waals surface area contributed by atoms with Gasteiger partial charge in [0.2, 0.25) is 11.8 Å². The van der Waals surface area contributed by atoms with Crippen LogP contribution < -0.4 is 5.32 Å². The molecule has 9 heteroatoms. The van der Waals surface area contributed by atoms with Gasteiger partial charge in [0.15, 0.2) is 4.33 Å². The Kier molecular flexibility index (Phi) is 2.60. The van der Waals surface area contributed by atoms with E-state index in [9.17, 15) is 9.59 Å². The normalized spacial score (nSPS) is 48.8. The smallest absolute Gasteiger partial charge is 0.232 e. The molecule has 2 unspecified atom stereocenters. The van der Waals surface area contributed by atoms with E-state index in [1.54, 1.807) is 0 Å². The summed E-state index contributed by atoms with van der Waals surface area (Å²) in [5, 5.41) is 1.97. The number of amides is 2. The number of rotatable bonds is 0. The fourth-order valence-corrected chi connectivity index (χ4v) is 5.86. The zero-order valence-electron chi connectivity index (χ0n) is 8.24.